The van der Waals surface area contributed by atoms with Crippen LogP contribution in [0, 0.1) is 0 Å². The lowest BCUT2D eigenvalue weighted by Gasteiger charge is -2.29. The van der Waals surface area contributed by atoms with E-state index in [-0.39, 0.29) is 0 Å². The third kappa shape index (κ3) is 2.72. The van der Waals surface area contributed by atoms with Crippen LogP contribution in [-0.2, 0) is 0 Å². The highest BCUT2D eigenvalue weighted by Gasteiger charge is 2.22. The summed E-state index contributed by atoms with van der Waals surface area (Å²) in [6.45, 7) is 6.41. The molecular weight excluding hydrogens is 250 g/mol. The van der Waals surface area contributed by atoms with E-state index in [1.165, 1.54) is 12.8 Å². The molecule has 0 amide bonds. The van der Waals surface area contributed by atoms with Crippen LogP contribution in [-0.4, -0.2) is 40.4 Å². The van der Waals surface area contributed by atoms with E-state index >= 15 is 0 Å². The quantitative estimate of drug-likeness (QED) is 0.921. The Morgan fingerprint density at radius 1 is 1.25 bits per heavy atom. The van der Waals surface area contributed by atoms with Crippen molar-refractivity contribution in [1.82, 2.24) is 20.5 Å². The monoisotopic (exact) mass is 271 g/mol. The molecule has 3 rings (SSSR count). The molecule has 1 N–H and O–H groups in total. The first-order chi connectivity index (χ1) is 9.74. The van der Waals surface area contributed by atoms with Crippen molar-refractivity contribution >= 4 is 17.0 Å². The molecule has 0 saturated carbocycles. The van der Waals surface area contributed by atoms with E-state index in [9.17, 15) is 0 Å². The minimum atomic E-state index is 0.361. The summed E-state index contributed by atoms with van der Waals surface area (Å²) < 4.78 is 0. The molecule has 20 heavy (non-hydrogen) atoms. The second-order valence-electron chi connectivity index (χ2n) is 5.64. The number of hydrogen-bond donors (Lipinski definition) is 1. The summed E-state index contributed by atoms with van der Waals surface area (Å²) in [5.74, 6) is 0.729. The number of hydrogen-bond acceptors (Lipinski definition) is 5. The zero-order valence-corrected chi connectivity index (χ0v) is 12.1. The van der Waals surface area contributed by atoms with Crippen molar-refractivity contribution in [3.8, 4) is 0 Å². The Bertz CT molecular complexity index is 577. The highest BCUT2D eigenvalue weighted by atomic mass is 15.3. The number of benzene rings is 1. The maximum atomic E-state index is 4.66. The average molecular weight is 271 g/mol. The van der Waals surface area contributed by atoms with Gasteiger partial charge in [-0.25, -0.2) is 4.98 Å². The third-order valence-electron chi connectivity index (χ3n) is 3.81. The van der Waals surface area contributed by atoms with Gasteiger partial charge < -0.3 is 10.2 Å². The van der Waals surface area contributed by atoms with Crippen LogP contribution < -0.4 is 10.2 Å². The van der Waals surface area contributed by atoms with Crippen molar-refractivity contribution in [1.29, 1.82) is 0 Å². The van der Waals surface area contributed by atoms with Crippen molar-refractivity contribution in [2.24, 2.45) is 0 Å². The minimum absolute atomic E-state index is 0.361. The summed E-state index contributed by atoms with van der Waals surface area (Å²) in [5, 5.41) is 12.1. The zero-order valence-electron chi connectivity index (χ0n) is 12.1. The molecule has 0 aliphatic carbocycles. The number of anilines is 1. The van der Waals surface area contributed by atoms with Crippen LogP contribution >= 0.6 is 0 Å². The van der Waals surface area contributed by atoms with E-state index in [1.54, 1.807) is 0 Å². The van der Waals surface area contributed by atoms with Crippen LogP contribution in [0.15, 0.2) is 24.3 Å². The Morgan fingerprint density at radius 3 is 2.75 bits per heavy atom. The first-order valence-corrected chi connectivity index (χ1v) is 7.33. The second-order valence-corrected chi connectivity index (χ2v) is 5.64. The molecule has 1 fully saturated rings. The van der Waals surface area contributed by atoms with Gasteiger partial charge in [0.15, 0.2) is 0 Å². The molecule has 2 aromatic rings. The van der Waals surface area contributed by atoms with Crippen LogP contribution in [0.5, 0.6) is 0 Å². The molecular formula is C15H21N5. The summed E-state index contributed by atoms with van der Waals surface area (Å²) in [7, 11) is 0. The number of fused-ring (bicyclic) bond motifs is 1. The van der Waals surface area contributed by atoms with E-state index in [1.807, 2.05) is 24.3 Å². The van der Waals surface area contributed by atoms with Crippen molar-refractivity contribution in [3.63, 3.8) is 0 Å². The van der Waals surface area contributed by atoms with Gasteiger partial charge in [0.2, 0.25) is 5.95 Å². The molecule has 1 aromatic carbocycles. The Balaban J connectivity index is 1.87. The number of nitrogens with zero attached hydrogens (tertiary/aromatic N) is 4. The highest BCUT2D eigenvalue weighted by molar-refractivity contribution is 5.74. The first-order valence-electron chi connectivity index (χ1n) is 7.33. The fourth-order valence-electron chi connectivity index (χ4n) is 2.67. The first kappa shape index (κ1) is 13.2. The van der Waals surface area contributed by atoms with Gasteiger partial charge in [-0.05, 0) is 45.4 Å². The Morgan fingerprint density at radius 2 is 2.05 bits per heavy atom. The summed E-state index contributed by atoms with van der Waals surface area (Å²) in [6.07, 6.45) is 2.48. The van der Waals surface area contributed by atoms with Crippen molar-refractivity contribution in [2.75, 3.05) is 18.0 Å². The molecule has 0 spiro atoms. The lowest BCUT2D eigenvalue weighted by Crippen LogP contribution is -2.42. The van der Waals surface area contributed by atoms with Crippen molar-refractivity contribution in [3.05, 3.63) is 24.3 Å². The molecule has 2 heterocycles. The maximum Gasteiger partial charge on any atom is 0.246 e. The van der Waals surface area contributed by atoms with E-state index in [0.29, 0.717) is 12.1 Å². The molecule has 5 nitrogen and oxygen atoms in total. The Labute approximate surface area is 119 Å². The minimum Gasteiger partial charge on any atom is -0.336 e. The number of aromatic nitrogens is 3. The summed E-state index contributed by atoms with van der Waals surface area (Å²) in [5.41, 5.74) is 1.75. The fraction of sp³-hybridized carbons (Fsp3) is 0.533. The molecule has 0 radical (unpaired) electrons. The number of rotatable bonds is 4. The average Bonchev–Trinajstić information content (AvgIpc) is 2.97. The lowest BCUT2D eigenvalue weighted by molar-refractivity contribution is 0.543. The molecule has 0 bridgehead atoms. The highest BCUT2D eigenvalue weighted by Crippen LogP contribution is 2.17. The summed E-state index contributed by atoms with van der Waals surface area (Å²) in [6, 6.07) is 8.77. The van der Waals surface area contributed by atoms with Crippen LogP contribution in [0.3, 0.4) is 0 Å². The molecule has 1 aliphatic rings. The Hall–Kier alpha value is -1.75. The molecule has 1 aromatic heterocycles. The molecule has 1 aliphatic heterocycles. The summed E-state index contributed by atoms with van der Waals surface area (Å²) >= 11 is 0. The van der Waals surface area contributed by atoms with Gasteiger partial charge in [-0.15, -0.1) is 10.2 Å². The normalized spacial score (nSPS) is 18.9. The zero-order chi connectivity index (χ0) is 13.9. The van der Waals surface area contributed by atoms with Gasteiger partial charge in [-0.1, -0.05) is 12.1 Å². The van der Waals surface area contributed by atoms with Gasteiger partial charge in [0, 0.05) is 18.6 Å². The Kier molecular flexibility index (Phi) is 3.78. The van der Waals surface area contributed by atoms with Gasteiger partial charge in [-0.3, -0.25) is 0 Å². The van der Waals surface area contributed by atoms with E-state index in [2.05, 4.69) is 39.2 Å². The fourth-order valence-corrected chi connectivity index (χ4v) is 2.67. The maximum absolute atomic E-state index is 4.66. The van der Waals surface area contributed by atoms with Crippen molar-refractivity contribution in [2.45, 2.75) is 38.8 Å². The molecule has 1 atom stereocenters. The van der Waals surface area contributed by atoms with Crippen LogP contribution in [0.2, 0.25) is 0 Å². The summed E-state index contributed by atoms with van der Waals surface area (Å²) in [4.78, 5) is 6.90. The topological polar surface area (TPSA) is 53.9 Å². The molecule has 1 unspecified atom stereocenters. The molecule has 106 valence electrons. The largest absolute Gasteiger partial charge is 0.336 e. The van der Waals surface area contributed by atoms with Crippen LogP contribution in [0.1, 0.15) is 26.7 Å². The van der Waals surface area contributed by atoms with Gasteiger partial charge in [-0.2, -0.15) is 0 Å². The predicted molar refractivity (Wildman–Crippen MR) is 80.8 cm³/mol. The van der Waals surface area contributed by atoms with E-state index in [0.717, 1.165) is 30.1 Å². The predicted octanol–water partition coefficient (Wildman–Crippen LogP) is 1.99. The smallest absolute Gasteiger partial charge is 0.246 e. The lowest BCUT2D eigenvalue weighted by atomic mass is 10.2. The van der Waals surface area contributed by atoms with E-state index in [4.69, 9.17) is 0 Å². The van der Waals surface area contributed by atoms with Gasteiger partial charge in [0.1, 0.15) is 5.52 Å². The van der Waals surface area contributed by atoms with Gasteiger partial charge >= 0.3 is 0 Å². The van der Waals surface area contributed by atoms with Gasteiger partial charge in [0.25, 0.3) is 0 Å². The third-order valence-corrected chi connectivity index (χ3v) is 3.81. The van der Waals surface area contributed by atoms with Crippen molar-refractivity contribution < 1.29 is 0 Å². The standard InChI is InChI=1S/C15H21N5/c1-11(2)20(10-12-6-5-9-16-12)15-17-13-7-3-4-8-14(13)18-19-15/h3-4,7-8,11-12,16H,5-6,9-10H2,1-2H3. The number of para-hydroxylation sites is 1. The SMILES string of the molecule is CC(C)N(CC1CCCN1)c1nnc2ccccc2n1. The van der Waals surface area contributed by atoms with Gasteiger partial charge in [0.05, 0.1) is 5.52 Å². The second kappa shape index (κ2) is 5.71. The molecule has 1 saturated heterocycles. The van der Waals surface area contributed by atoms with Crippen LogP contribution in [0.25, 0.3) is 11.0 Å². The van der Waals surface area contributed by atoms with E-state index < -0.39 is 0 Å². The molecule has 5 heteroatoms. The number of nitrogens with one attached hydrogen (secondary N) is 1. The van der Waals surface area contributed by atoms with Crippen LogP contribution in [0.4, 0.5) is 5.95 Å².